The molecular formula is C17H33N5O. The van der Waals surface area contributed by atoms with Crippen LogP contribution in [0.3, 0.4) is 0 Å². The number of ether oxygens (including phenoxy) is 1. The van der Waals surface area contributed by atoms with Crippen molar-refractivity contribution in [1.82, 2.24) is 24.9 Å². The summed E-state index contributed by atoms with van der Waals surface area (Å²) in [7, 11) is 5.84. The van der Waals surface area contributed by atoms with Gasteiger partial charge in [-0.15, -0.1) is 0 Å². The summed E-state index contributed by atoms with van der Waals surface area (Å²) in [5, 5.41) is 8.08. The van der Waals surface area contributed by atoms with Gasteiger partial charge in [0, 0.05) is 52.4 Å². The maximum Gasteiger partial charge on any atom is 0.216 e. The van der Waals surface area contributed by atoms with Crippen molar-refractivity contribution in [3.63, 3.8) is 0 Å². The Morgan fingerprint density at radius 3 is 2.39 bits per heavy atom. The Labute approximate surface area is 140 Å². The normalized spacial score (nSPS) is 18.6. The molecule has 0 spiro atoms. The predicted octanol–water partition coefficient (Wildman–Crippen LogP) is 1.10. The number of aryl methyl sites for hydroxylation is 2. The molecule has 0 aromatic carbocycles. The largest absolute Gasteiger partial charge is 0.481 e. The van der Waals surface area contributed by atoms with Gasteiger partial charge in [-0.05, 0) is 19.9 Å². The van der Waals surface area contributed by atoms with Crippen molar-refractivity contribution >= 4 is 0 Å². The van der Waals surface area contributed by atoms with E-state index in [4.69, 9.17) is 4.74 Å². The second-order valence-electron chi connectivity index (χ2n) is 6.98. The number of piperazine rings is 1. The van der Waals surface area contributed by atoms with Gasteiger partial charge in [0.15, 0.2) is 0 Å². The molecule has 0 aliphatic carbocycles. The molecule has 1 atom stereocenters. The average molecular weight is 323 g/mol. The number of aromatic nitrogens is 2. The molecule has 2 heterocycles. The first-order valence-electron chi connectivity index (χ1n) is 8.63. The Hall–Kier alpha value is -1.11. The van der Waals surface area contributed by atoms with E-state index in [1.165, 1.54) is 13.1 Å². The minimum Gasteiger partial charge on any atom is -0.481 e. The lowest BCUT2D eigenvalue weighted by atomic mass is 10.0. The van der Waals surface area contributed by atoms with Gasteiger partial charge in [-0.1, -0.05) is 13.8 Å². The Kier molecular flexibility index (Phi) is 6.44. The van der Waals surface area contributed by atoms with E-state index in [9.17, 15) is 0 Å². The molecule has 1 saturated heterocycles. The Morgan fingerprint density at radius 2 is 1.83 bits per heavy atom. The standard InChI is InChI=1S/C17H33N5O/c1-13(2)16(22-9-7-20(4)8-10-22)12-18-11-15-14(3)19-21(5)17(15)23-6/h13,16,18H,7-12H2,1-6H3. The van der Waals surface area contributed by atoms with Crippen molar-refractivity contribution in [3.8, 4) is 5.88 Å². The van der Waals surface area contributed by atoms with Crippen molar-refractivity contribution in [3.05, 3.63) is 11.3 Å². The van der Waals surface area contributed by atoms with E-state index >= 15 is 0 Å². The first kappa shape index (κ1) is 18.2. The van der Waals surface area contributed by atoms with Crippen LogP contribution in [0, 0.1) is 12.8 Å². The third-order valence-corrected chi connectivity index (χ3v) is 4.91. The van der Waals surface area contributed by atoms with Gasteiger partial charge < -0.3 is 15.0 Å². The summed E-state index contributed by atoms with van der Waals surface area (Å²) in [4.78, 5) is 5.04. The molecule has 0 radical (unpaired) electrons. The number of hydrogen-bond donors (Lipinski definition) is 1. The van der Waals surface area contributed by atoms with Crippen LogP contribution in [0.2, 0.25) is 0 Å². The molecule has 0 amide bonds. The van der Waals surface area contributed by atoms with Crippen LogP contribution >= 0.6 is 0 Å². The topological polar surface area (TPSA) is 45.6 Å². The minimum atomic E-state index is 0.576. The molecule has 0 saturated carbocycles. The summed E-state index contributed by atoms with van der Waals surface area (Å²) < 4.78 is 7.29. The summed E-state index contributed by atoms with van der Waals surface area (Å²) in [5.41, 5.74) is 2.20. The predicted molar refractivity (Wildman–Crippen MR) is 93.9 cm³/mol. The smallest absolute Gasteiger partial charge is 0.216 e. The number of methoxy groups -OCH3 is 1. The molecule has 2 rings (SSSR count). The minimum absolute atomic E-state index is 0.576. The van der Waals surface area contributed by atoms with Gasteiger partial charge in [0.2, 0.25) is 5.88 Å². The lowest BCUT2D eigenvalue weighted by Gasteiger charge is -2.40. The summed E-state index contributed by atoms with van der Waals surface area (Å²) in [6, 6.07) is 0.576. The molecule has 1 unspecified atom stereocenters. The molecule has 1 aromatic rings. The first-order chi connectivity index (χ1) is 10.9. The summed E-state index contributed by atoms with van der Waals surface area (Å²) in [6.45, 7) is 13.1. The average Bonchev–Trinajstić information content (AvgIpc) is 2.78. The zero-order valence-corrected chi connectivity index (χ0v) is 15.6. The highest BCUT2D eigenvalue weighted by Crippen LogP contribution is 2.21. The Balaban J connectivity index is 1.92. The van der Waals surface area contributed by atoms with E-state index in [1.807, 2.05) is 18.7 Å². The molecule has 1 aromatic heterocycles. The zero-order chi connectivity index (χ0) is 17.0. The maximum absolute atomic E-state index is 5.47. The third-order valence-electron chi connectivity index (χ3n) is 4.91. The van der Waals surface area contributed by atoms with Crippen LogP contribution in [0.5, 0.6) is 5.88 Å². The molecule has 132 valence electrons. The fourth-order valence-electron chi connectivity index (χ4n) is 3.42. The second-order valence-corrected chi connectivity index (χ2v) is 6.98. The van der Waals surface area contributed by atoms with Crippen LogP contribution in [0.15, 0.2) is 0 Å². The SMILES string of the molecule is COc1c(CNCC(C(C)C)N2CCN(C)CC2)c(C)nn1C. The van der Waals surface area contributed by atoms with Crippen molar-refractivity contribution in [1.29, 1.82) is 0 Å². The van der Waals surface area contributed by atoms with Gasteiger partial charge >= 0.3 is 0 Å². The zero-order valence-electron chi connectivity index (χ0n) is 15.6. The van der Waals surface area contributed by atoms with E-state index in [0.717, 1.165) is 43.3 Å². The lowest BCUT2D eigenvalue weighted by Crippen LogP contribution is -2.53. The van der Waals surface area contributed by atoms with E-state index in [0.29, 0.717) is 12.0 Å². The van der Waals surface area contributed by atoms with Gasteiger partial charge in [0.05, 0.1) is 18.4 Å². The number of hydrogen-bond acceptors (Lipinski definition) is 5. The monoisotopic (exact) mass is 323 g/mol. The van der Waals surface area contributed by atoms with Crippen LogP contribution in [-0.2, 0) is 13.6 Å². The molecule has 0 bridgehead atoms. The van der Waals surface area contributed by atoms with Crippen LogP contribution in [0.1, 0.15) is 25.1 Å². The summed E-state index contributed by atoms with van der Waals surface area (Å²) in [5.74, 6) is 1.50. The number of rotatable bonds is 7. The molecular weight excluding hydrogens is 290 g/mol. The quantitative estimate of drug-likeness (QED) is 0.814. The molecule has 6 heteroatoms. The van der Waals surface area contributed by atoms with Gasteiger partial charge in [-0.2, -0.15) is 5.10 Å². The first-order valence-corrected chi connectivity index (χ1v) is 8.63. The van der Waals surface area contributed by atoms with Crippen molar-refractivity contribution in [2.24, 2.45) is 13.0 Å². The second kappa shape index (κ2) is 8.13. The van der Waals surface area contributed by atoms with E-state index in [-0.39, 0.29) is 0 Å². The number of nitrogens with one attached hydrogen (secondary N) is 1. The van der Waals surface area contributed by atoms with Crippen molar-refractivity contribution in [2.45, 2.75) is 33.4 Å². The van der Waals surface area contributed by atoms with Crippen molar-refractivity contribution in [2.75, 3.05) is 46.9 Å². The van der Waals surface area contributed by atoms with Crippen LogP contribution in [-0.4, -0.2) is 72.5 Å². The highest BCUT2D eigenvalue weighted by molar-refractivity contribution is 5.30. The fourth-order valence-corrected chi connectivity index (χ4v) is 3.42. The fraction of sp³-hybridized carbons (Fsp3) is 0.824. The van der Waals surface area contributed by atoms with Gasteiger partial charge in [-0.3, -0.25) is 4.90 Å². The highest BCUT2D eigenvalue weighted by Gasteiger charge is 2.25. The van der Waals surface area contributed by atoms with Crippen LogP contribution in [0.25, 0.3) is 0 Å². The highest BCUT2D eigenvalue weighted by atomic mass is 16.5. The van der Waals surface area contributed by atoms with E-state index < -0.39 is 0 Å². The van der Waals surface area contributed by atoms with Gasteiger partial charge in [0.1, 0.15) is 0 Å². The molecule has 6 nitrogen and oxygen atoms in total. The molecule has 1 N–H and O–H groups in total. The summed E-state index contributed by atoms with van der Waals surface area (Å²) >= 11 is 0. The molecule has 23 heavy (non-hydrogen) atoms. The Bertz CT molecular complexity index is 491. The van der Waals surface area contributed by atoms with Gasteiger partial charge in [0.25, 0.3) is 0 Å². The molecule has 1 aliphatic rings. The molecule has 1 fully saturated rings. The van der Waals surface area contributed by atoms with Gasteiger partial charge in [-0.25, -0.2) is 4.68 Å². The van der Waals surface area contributed by atoms with Crippen LogP contribution < -0.4 is 10.1 Å². The Morgan fingerprint density at radius 1 is 1.17 bits per heavy atom. The third kappa shape index (κ3) is 4.46. The van der Waals surface area contributed by atoms with E-state index in [2.05, 4.69) is 41.1 Å². The maximum atomic E-state index is 5.47. The van der Waals surface area contributed by atoms with Crippen molar-refractivity contribution < 1.29 is 4.74 Å². The number of likely N-dealkylation sites (N-methyl/N-ethyl adjacent to an activating group) is 1. The summed E-state index contributed by atoms with van der Waals surface area (Å²) in [6.07, 6.45) is 0. The molecule has 1 aliphatic heterocycles. The van der Waals surface area contributed by atoms with Crippen LogP contribution in [0.4, 0.5) is 0 Å². The number of nitrogens with zero attached hydrogens (tertiary/aromatic N) is 4. The van der Waals surface area contributed by atoms with E-state index in [1.54, 1.807) is 7.11 Å². The lowest BCUT2D eigenvalue weighted by molar-refractivity contribution is 0.0875.